The number of aliphatic hydroxyl groups is 1. The van der Waals surface area contributed by atoms with Crippen LogP contribution in [0.15, 0.2) is 53.6 Å². The van der Waals surface area contributed by atoms with Gasteiger partial charge in [-0.05, 0) is 17.7 Å². The molecule has 2 N–H and O–H groups in total. The number of rotatable bonds is 5. The first-order valence-electron chi connectivity index (χ1n) is 6.10. The SMILES string of the molecule is CS(=O)(=O)c1cccnc1NCC(O)c1ccccc1. The van der Waals surface area contributed by atoms with E-state index in [9.17, 15) is 13.5 Å². The molecule has 0 bridgehead atoms. The quantitative estimate of drug-likeness (QED) is 0.875. The second kappa shape index (κ2) is 6.02. The second-order valence-corrected chi connectivity index (χ2v) is 6.41. The molecule has 0 aliphatic rings. The number of nitrogens with one attached hydrogen (secondary N) is 1. The molecule has 0 aliphatic heterocycles. The van der Waals surface area contributed by atoms with Gasteiger partial charge in [-0.25, -0.2) is 13.4 Å². The molecule has 106 valence electrons. The maximum Gasteiger partial charge on any atom is 0.179 e. The topological polar surface area (TPSA) is 79.3 Å². The highest BCUT2D eigenvalue weighted by atomic mass is 32.2. The van der Waals surface area contributed by atoms with Crippen molar-refractivity contribution in [2.45, 2.75) is 11.0 Å². The largest absolute Gasteiger partial charge is 0.387 e. The van der Waals surface area contributed by atoms with Gasteiger partial charge in [-0.15, -0.1) is 0 Å². The Morgan fingerprint density at radius 2 is 1.90 bits per heavy atom. The van der Waals surface area contributed by atoms with Crippen molar-refractivity contribution in [2.24, 2.45) is 0 Å². The van der Waals surface area contributed by atoms with Gasteiger partial charge >= 0.3 is 0 Å². The second-order valence-electron chi connectivity index (χ2n) is 4.43. The predicted octanol–water partition coefficient (Wildman–Crippen LogP) is 1.63. The van der Waals surface area contributed by atoms with Crippen LogP contribution in [0.2, 0.25) is 0 Å². The van der Waals surface area contributed by atoms with E-state index < -0.39 is 15.9 Å². The van der Waals surface area contributed by atoms with Crippen LogP contribution < -0.4 is 5.32 Å². The van der Waals surface area contributed by atoms with Crippen molar-refractivity contribution in [3.8, 4) is 0 Å². The molecule has 2 rings (SSSR count). The van der Waals surface area contributed by atoms with Crippen molar-refractivity contribution in [3.05, 3.63) is 54.2 Å². The minimum Gasteiger partial charge on any atom is -0.387 e. The van der Waals surface area contributed by atoms with Crippen molar-refractivity contribution in [3.63, 3.8) is 0 Å². The smallest absolute Gasteiger partial charge is 0.179 e. The average molecular weight is 292 g/mol. The summed E-state index contributed by atoms with van der Waals surface area (Å²) in [7, 11) is -3.35. The molecular weight excluding hydrogens is 276 g/mol. The normalized spacial score (nSPS) is 12.9. The zero-order valence-electron chi connectivity index (χ0n) is 11.0. The molecule has 0 amide bonds. The number of nitrogens with zero attached hydrogens (tertiary/aromatic N) is 1. The predicted molar refractivity (Wildman–Crippen MR) is 77.2 cm³/mol. The maximum absolute atomic E-state index is 11.6. The highest BCUT2D eigenvalue weighted by Crippen LogP contribution is 2.19. The third kappa shape index (κ3) is 3.55. The first-order valence-corrected chi connectivity index (χ1v) is 7.99. The van der Waals surface area contributed by atoms with Gasteiger partial charge in [-0.3, -0.25) is 0 Å². The van der Waals surface area contributed by atoms with Gasteiger partial charge in [0.15, 0.2) is 9.84 Å². The van der Waals surface area contributed by atoms with E-state index in [1.54, 1.807) is 6.07 Å². The number of benzene rings is 1. The van der Waals surface area contributed by atoms with Crippen LogP contribution in [-0.2, 0) is 9.84 Å². The Morgan fingerprint density at radius 3 is 2.55 bits per heavy atom. The first kappa shape index (κ1) is 14.5. The summed E-state index contributed by atoms with van der Waals surface area (Å²) in [6.07, 6.45) is 1.90. The van der Waals surface area contributed by atoms with Crippen molar-refractivity contribution in [1.29, 1.82) is 0 Å². The van der Waals surface area contributed by atoms with Gasteiger partial charge in [0.2, 0.25) is 0 Å². The number of pyridine rings is 1. The molecule has 1 aromatic heterocycles. The number of aliphatic hydroxyl groups excluding tert-OH is 1. The molecule has 5 nitrogen and oxygen atoms in total. The Hall–Kier alpha value is -1.92. The fourth-order valence-electron chi connectivity index (χ4n) is 1.81. The Labute approximate surface area is 118 Å². The van der Waals surface area contributed by atoms with E-state index in [1.165, 1.54) is 12.3 Å². The highest BCUT2D eigenvalue weighted by Gasteiger charge is 2.15. The molecule has 0 saturated heterocycles. The fraction of sp³-hybridized carbons (Fsp3) is 0.214. The summed E-state index contributed by atoms with van der Waals surface area (Å²) < 4.78 is 23.3. The summed E-state index contributed by atoms with van der Waals surface area (Å²) >= 11 is 0. The number of aromatic nitrogens is 1. The zero-order valence-corrected chi connectivity index (χ0v) is 11.8. The minimum absolute atomic E-state index is 0.125. The van der Waals surface area contributed by atoms with Gasteiger partial charge in [0.25, 0.3) is 0 Å². The summed E-state index contributed by atoms with van der Waals surface area (Å²) in [5.41, 5.74) is 0.761. The van der Waals surface area contributed by atoms with Crippen molar-refractivity contribution < 1.29 is 13.5 Å². The first-order chi connectivity index (χ1) is 9.48. The molecule has 1 heterocycles. The monoisotopic (exact) mass is 292 g/mol. The molecule has 0 spiro atoms. The van der Waals surface area contributed by atoms with E-state index in [4.69, 9.17) is 0 Å². The van der Waals surface area contributed by atoms with Gasteiger partial charge in [-0.1, -0.05) is 30.3 Å². The van der Waals surface area contributed by atoms with E-state index in [0.29, 0.717) is 0 Å². The Bertz CT molecular complexity index is 672. The Kier molecular flexibility index (Phi) is 4.36. The Morgan fingerprint density at radius 1 is 1.20 bits per heavy atom. The van der Waals surface area contributed by atoms with Crippen LogP contribution in [0.3, 0.4) is 0 Å². The molecule has 1 unspecified atom stereocenters. The Balaban J connectivity index is 2.12. The van der Waals surface area contributed by atoms with Gasteiger partial charge < -0.3 is 10.4 Å². The average Bonchev–Trinajstić information content (AvgIpc) is 2.45. The van der Waals surface area contributed by atoms with Crippen molar-refractivity contribution in [1.82, 2.24) is 4.98 Å². The van der Waals surface area contributed by atoms with Gasteiger partial charge in [0.1, 0.15) is 10.7 Å². The van der Waals surface area contributed by atoms with Gasteiger partial charge in [0, 0.05) is 19.0 Å². The van der Waals surface area contributed by atoms with Crippen LogP contribution in [0.1, 0.15) is 11.7 Å². The summed E-state index contributed by atoms with van der Waals surface area (Å²) in [4.78, 5) is 4.13. The zero-order chi connectivity index (χ0) is 14.6. The van der Waals surface area contributed by atoms with E-state index >= 15 is 0 Å². The summed E-state index contributed by atoms with van der Waals surface area (Å²) in [6, 6.07) is 12.2. The van der Waals surface area contributed by atoms with Crippen LogP contribution in [0.25, 0.3) is 0 Å². The van der Waals surface area contributed by atoms with Gasteiger partial charge in [-0.2, -0.15) is 0 Å². The number of anilines is 1. The number of hydrogen-bond donors (Lipinski definition) is 2. The van der Waals surface area contributed by atoms with Crippen LogP contribution in [0.4, 0.5) is 5.82 Å². The van der Waals surface area contributed by atoms with Crippen LogP contribution >= 0.6 is 0 Å². The van der Waals surface area contributed by atoms with Gasteiger partial charge in [0.05, 0.1) is 6.10 Å². The molecule has 6 heteroatoms. The van der Waals surface area contributed by atoms with Crippen LogP contribution in [0.5, 0.6) is 0 Å². The number of hydrogen-bond acceptors (Lipinski definition) is 5. The third-order valence-electron chi connectivity index (χ3n) is 2.82. The van der Waals surface area contributed by atoms with Crippen molar-refractivity contribution in [2.75, 3.05) is 18.1 Å². The molecule has 2 aromatic rings. The highest BCUT2D eigenvalue weighted by molar-refractivity contribution is 7.90. The lowest BCUT2D eigenvalue weighted by atomic mass is 10.1. The van der Waals surface area contributed by atoms with Crippen molar-refractivity contribution >= 4 is 15.7 Å². The lowest BCUT2D eigenvalue weighted by Gasteiger charge is -2.14. The van der Waals surface area contributed by atoms with E-state index in [2.05, 4.69) is 10.3 Å². The van der Waals surface area contributed by atoms with Crippen LogP contribution in [0, 0.1) is 0 Å². The summed E-state index contributed by atoms with van der Waals surface area (Å²) in [5.74, 6) is 0.255. The molecule has 0 aliphatic carbocycles. The third-order valence-corrected chi connectivity index (χ3v) is 3.95. The lowest BCUT2D eigenvalue weighted by molar-refractivity contribution is 0.191. The molecule has 1 atom stereocenters. The fourth-order valence-corrected chi connectivity index (χ4v) is 2.61. The number of sulfone groups is 1. The molecule has 0 fully saturated rings. The maximum atomic E-state index is 11.6. The molecule has 20 heavy (non-hydrogen) atoms. The molecule has 0 radical (unpaired) electrons. The molecule has 1 aromatic carbocycles. The molecule has 0 saturated carbocycles. The van der Waals surface area contributed by atoms with E-state index in [0.717, 1.165) is 11.8 Å². The van der Waals surface area contributed by atoms with E-state index in [1.807, 2.05) is 30.3 Å². The standard InChI is InChI=1S/C14H16N2O3S/c1-20(18,19)13-8-5-9-15-14(13)16-10-12(17)11-6-3-2-4-7-11/h2-9,12,17H,10H2,1H3,(H,15,16). The van der Waals surface area contributed by atoms with Crippen LogP contribution in [-0.4, -0.2) is 31.3 Å². The summed E-state index contributed by atoms with van der Waals surface area (Å²) in [6.45, 7) is 0.184. The minimum atomic E-state index is -3.35. The molecular formula is C14H16N2O3S. The van der Waals surface area contributed by atoms with E-state index in [-0.39, 0.29) is 17.3 Å². The lowest BCUT2D eigenvalue weighted by Crippen LogP contribution is -2.15. The summed E-state index contributed by atoms with van der Waals surface area (Å²) in [5, 5.41) is 12.9.